The standard InChI is InChI=1S/C13H19N3O8/c14-6(12(21)22)1-3-15-8(18)2-4-16(13(15)23)11-10(20)9(19)7(5-17)24-11/h2,4,6-7,9-11,17,19-20H,1,3,5,14H2,(H,21,22)/t6-,7+,9+,10-,11+/m0/s1. The minimum absolute atomic E-state index is 0.148. The van der Waals surface area contributed by atoms with Gasteiger partial charge in [0, 0.05) is 18.8 Å². The Bertz CT molecular complexity index is 714. The van der Waals surface area contributed by atoms with Crippen LogP contribution in [0.15, 0.2) is 21.9 Å². The molecule has 1 fully saturated rings. The van der Waals surface area contributed by atoms with Crippen LogP contribution in [0.5, 0.6) is 0 Å². The van der Waals surface area contributed by atoms with Gasteiger partial charge in [-0.05, 0) is 6.42 Å². The Morgan fingerprint density at radius 2 is 2.00 bits per heavy atom. The molecule has 0 aliphatic carbocycles. The van der Waals surface area contributed by atoms with Crippen LogP contribution in [0, 0.1) is 0 Å². The van der Waals surface area contributed by atoms with Crippen molar-refractivity contribution >= 4 is 5.97 Å². The maximum atomic E-state index is 12.4. The molecule has 1 aliphatic rings. The van der Waals surface area contributed by atoms with E-state index in [1.807, 2.05) is 0 Å². The molecule has 2 heterocycles. The number of hydrogen-bond acceptors (Lipinski definition) is 8. The van der Waals surface area contributed by atoms with Crippen LogP contribution in [0.25, 0.3) is 0 Å². The van der Waals surface area contributed by atoms with E-state index >= 15 is 0 Å². The lowest BCUT2D eigenvalue weighted by Crippen LogP contribution is -2.44. The van der Waals surface area contributed by atoms with Crippen LogP contribution in [0.1, 0.15) is 12.6 Å². The molecule has 134 valence electrons. The number of carbonyl (C=O) groups is 1. The molecule has 6 N–H and O–H groups in total. The Kier molecular flexibility index (Phi) is 5.51. The normalized spacial score (nSPS) is 28.0. The van der Waals surface area contributed by atoms with Crippen molar-refractivity contribution in [1.82, 2.24) is 9.13 Å². The molecule has 0 saturated carbocycles. The molecule has 5 atom stereocenters. The van der Waals surface area contributed by atoms with Gasteiger partial charge < -0.3 is 30.9 Å². The molecule has 1 aromatic heterocycles. The summed E-state index contributed by atoms with van der Waals surface area (Å²) >= 11 is 0. The molecule has 1 saturated heterocycles. The number of rotatable bonds is 6. The third-order valence-electron chi connectivity index (χ3n) is 3.87. The quantitative estimate of drug-likeness (QED) is 0.349. The molecule has 2 rings (SSSR count). The second-order valence-corrected chi connectivity index (χ2v) is 5.46. The van der Waals surface area contributed by atoms with E-state index in [1.165, 1.54) is 0 Å². The predicted molar refractivity (Wildman–Crippen MR) is 78.2 cm³/mol. The van der Waals surface area contributed by atoms with E-state index in [4.69, 9.17) is 20.7 Å². The van der Waals surface area contributed by atoms with Crippen molar-refractivity contribution < 1.29 is 30.0 Å². The molecular formula is C13H19N3O8. The molecule has 1 aliphatic heterocycles. The van der Waals surface area contributed by atoms with Crippen molar-refractivity contribution in [3.8, 4) is 0 Å². The van der Waals surface area contributed by atoms with E-state index in [0.29, 0.717) is 0 Å². The number of aliphatic hydroxyl groups is 3. The Hall–Kier alpha value is -2.05. The summed E-state index contributed by atoms with van der Waals surface area (Å²) in [6.45, 7) is -0.794. The summed E-state index contributed by atoms with van der Waals surface area (Å²) in [5.74, 6) is -1.26. The fourth-order valence-corrected chi connectivity index (χ4v) is 2.43. The summed E-state index contributed by atoms with van der Waals surface area (Å²) in [6.07, 6.45) is -4.29. The lowest BCUT2D eigenvalue weighted by atomic mass is 10.1. The fourth-order valence-electron chi connectivity index (χ4n) is 2.43. The number of carboxylic acid groups (broad SMARTS) is 1. The van der Waals surface area contributed by atoms with Crippen LogP contribution in [0.4, 0.5) is 0 Å². The van der Waals surface area contributed by atoms with E-state index < -0.39 is 54.4 Å². The highest BCUT2D eigenvalue weighted by Crippen LogP contribution is 2.27. The van der Waals surface area contributed by atoms with Gasteiger partial charge in [0.05, 0.1) is 6.61 Å². The second-order valence-electron chi connectivity index (χ2n) is 5.46. The minimum Gasteiger partial charge on any atom is -0.480 e. The van der Waals surface area contributed by atoms with E-state index in [-0.39, 0.29) is 13.0 Å². The van der Waals surface area contributed by atoms with Crippen molar-refractivity contribution in [2.75, 3.05) is 6.61 Å². The van der Waals surface area contributed by atoms with Crippen LogP contribution in [0.3, 0.4) is 0 Å². The fraction of sp³-hybridized carbons (Fsp3) is 0.615. The smallest absolute Gasteiger partial charge is 0.333 e. The van der Waals surface area contributed by atoms with Crippen LogP contribution >= 0.6 is 0 Å². The zero-order chi connectivity index (χ0) is 18.0. The first-order valence-electron chi connectivity index (χ1n) is 7.20. The number of aromatic nitrogens is 2. The van der Waals surface area contributed by atoms with Crippen LogP contribution in [-0.4, -0.2) is 66.5 Å². The second kappa shape index (κ2) is 7.23. The third-order valence-corrected chi connectivity index (χ3v) is 3.87. The Balaban J connectivity index is 2.30. The third kappa shape index (κ3) is 3.39. The highest BCUT2D eigenvalue weighted by molar-refractivity contribution is 5.72. The monoisotopic (exact) mass is 345 g/mol. The van der Waals surface area contributed by atoms with Crippen molar-refractivity contribution in [3.05, 3.63) is 33.1 Å². The van der Waals surface area contributed by atoms with Crippen molar-refractivity contribution in [2.24, 2.45) is 5.73 Å². The topological polar surface area (TPSA) is 177 Å². The number of nitrogens with two attached hydrogens (primary N) is 1. The minimum atomic E-state index is -1.48. The molecule has 0 aromatic carbocycles. The van der Waals surface area contributed by atoms with E-state index in [9.17, 15) is 24.6 Å². The van der Waals surface area contributed by atoms with Crippen molar-refractivity contribution in [2.45, 2.75) is 43.5 Å². The van der Waals surface area contributed by atoms with Crippen molar-refractivity contribution in [3.63, 3.8) is 0 Å². The number of ether oxygens (including phenoxy) is 1. The summed E-state index contributed by atoms with van der Waals surface area (Å²) in [5, 5.41) is 37.5. The molecule has 0 amide bonds. The molecule has 0 spiro atoms. The highest BCUT2D eigenvalue weighted by atomic mass is 16.6. The molecular weight excluding hydrogens is 326 g/mol. The van der Waals surface area contributed by atoms with E-state index in [2.05, 4.69) is 0 Å². The van der Waals surface area contributed by atoms with Gasteiger partial charge in [0.1, 0.15) is 24.4 Å². The molecule has 11 heteroatoms. The van der Waals surface area contributed by atoms with Crippen LogP contribution in [-0.2, 0) is 16.1 Å². The Morgan fingerprint density at radius 3 is 2.54 bits per heavy atom. The maximum absolute atomic E-state index is 12.4. The Morgan fingerprint density at radius 1 is 1.33 bits per heavy atom. The van der Waals surface area contributed by atoms with Crippen LogP contribution in [0.2, 0.25) is 0 Å². The van der Waals surface area contributed by atoms with Gasteiger partial charge in [-0.2, -0.15) is 0 Å². The first kappa shape index (κ1) is 18.3. The number of aliphatic carboxylic acids is 1. The molecule has 24 heavy (non-hydrogen) atoms. The van der Waals surface area contributed by atoms with Gasteiger partial charge in [-0.1, -0.05) is 0 Å². The molecule has 0 unspecified atom stereocenters. The maximum Gasteiger partial charge on any atom is 0.333 e. The number of aliphatic hydroxyl groups excluding tert-OH is 3. The first-order chi connectivity index (χ1) is 11.3. The summed E-state index contributed by atoms with van der Waals surface area (Å²) in [6, 6.07) is -0.193. The van der Waals surface area contributed by atoms with Gasteiger partial charge in [-0.15, -0.1) is 0 Å². The average molecular weight is 345 g/mol. The number of nitrogens with zero attached hydrogens (tertiary/aromatic N) is 2. The van der Waals surface area contributed by atoms with Crippen LogP contribution < -0.4 is 17.0 Å². The van der Waals surface area contributed by atoms with Gasteiger partial charge in [0.15, 0.2) is 6.23 Å². The highest BCUT2D eigenvalue weighted by Gasteiger charge is 2.43. The van der Waals surface area contributed by atoms with Gasteiger partial charge in [-0.25, -0.2) is 4.79 Å². The Labute approximate surface area is 135 Å². The number of hydrogen-bond donors (Lipinski definition) is 5. The van der Waals surface area contributed by atoms with Crippen molar-refractivity contribution in [1.29, 1.82) is 0 Å². The molecule has 0 bridgehead atoms. The van der Waals surface area contributed by atoms with Gasteiger partial charge >= 0.3 is 11.7 Å². The molecule has 11 nitrogen and oxygen atoms in total. The number of carboxylic acids is 1. The summed E-state index contributed by atoms with van der Waals surface area (Å²) in [7, 11) is 0. The lowest BCUT2D eigenvalue weighted by molar-refractivity contribution is -0.138. The first-order valence-corrected chi connectivity index (χ1v) is 7.20. The van der Waals surface area contributed by atoms with Gasteiger partial charge in [0.25, 0.3) is 5.56 Å². The lowest BCUT2D eigenvalue weighted by Gasteiger charge is -2.19. The van der Waals surface area contributed by atoms with Gasteiger partial charge in [0.2, 0.25) is 0 Å². The van der Waals surface area contributed by atoms with E-state index in [0.717, 1.165) is 21.4 Å². The molecule has 0 radical (unpaired) electrons. The predicted octanol–water partition coefficient (Wildman–Crippen LogP) is -3.58. The zero-order valence-corrected chi connectivity index (χ0v) is 12.6. The average Bonchev–Trinajstić information content (AvgIpc) is 2.82. The van der Waals surface area contributed by atoms with E-state index in [1.54, 1.807) is 0 Å². The summed E-state index contributed by atoms with van der Waals surface area (Å²) in [5.41, 5.74) is 3.83. The molecule has 1 aromatic rings. The van der Waals surface area contributed by atoms with Gasteiger partial charge in [-0.3, -0.25) is 18.7 Å². The largest absolute Gasteiger partial charge is 0.480 e. The zero-order valence-electron chi connectivity index (χ0n) is 12.6. The summed E-state index contributed by atoms with van der Waals surface area (Å²) < 4.78 is 6.90. The summed E-state index contributed by atoms with van der Waals surface area (Å²) in [4.78, 5) is 34.9. The SMILES string of the molecule is N[C@@H](CCn1c(=O)ccn([C@@H]2O[C@H](CO)[C@@H](O)[C@@H]2O)c1=O)C(=O)O.